The molecule has 164 valence electrons. The number of nitrogens with zero attached hydrogens (tertiary/aromatic N) is 3. The van der Waals surface area contributed by atoms with Crippen molar-refractivity contribution >= 4 is 22.9 Å². The van der Waals surface area contributed by atoms with Crippen molar-refractivity contribution in [3.63, 3.8) is 0 Å². The monoisotopic (exact) mass is 430 g/mol. The van der Waals surface area contributed by atoms with E-state index in [1.807, 2.05) is 37.5 Å². The average Bonchev–Trinajstić information content (AvgIpc) is 3.46. The second-order valence-electron chi connectivity index (χ2n) is 7.84. The van der Waals surface area contributed by atoms with Crippen LogP contribution in [0.2, 0.25) is 0 Å². The lowest BCUT2D eigenvalue weighted by Gasteiger charge is -2.29. The topological polar surface area (TPSA) is 80.4 Å². The van der Waals surface area contributed by atoms with Crippen LogP contribution in [0.3, 0.4) is 0 Å². The van der Waals surface area contributed by atoms with Gasteiger partial charge in [0, 0.05) is 38.4 Å². The average molecular weight is 431 g/mol. The second-order valence-corrected chi connectivity index (χ2v) is 7.84. The molecule has 2 amide bonds. The van der Waals surface area contributed by atoms with E-state index in [9.17, 15) is 9.59 Å². The summed E-state index contributed by atoms with van der Waals surface area (Å²) < 4.78 is 7.13. The number of rotatable bonds is 8. The highest BCUT2D eigenvalue weighted by atomic mass is 16.3. The number of fused-ring (bicyclic) bond motifs is 1. The van der Waals surface area contributed by atoms with E-state index in [0.717, 1.165) is 5.56 Å². The van der Waals surface area contributed by atoms with E-state index in [1.54, 1.807) is 40.8 Å². The van der Waals surface area contributed by atoms with Gasteiger partial charge in [0.2, 0.25) is 0 Å². The van der Waals surface area contributed by atoms with E-state index in [4.69, 9.17) is 4.42 Å². The standard InChI is InChI=1S/C25H26N4O3/c1-28-14-6-9-22(28)24(30)26-13-12-20(15-18-7-4-3-5-8-18)29(2)25(31)19-10-11-21-23(16-19)32-17-27-21/h3-11,14,16-17,20H,12-13,15H2,1-2H3,(H,26,30). The van der Waals surface area contributed by atoms with Crippen molar-refractivity contribution in [1.82, 2.24) is 19.8 Å². The number of oxazole rings is 1. The van der Waals surface area contributed by atoms with Crippen LogP contribution in [0, 0.1) is 0 Å². The third kappa shape index (κ3) is 4.72. The Balaban J connectivity index is 1.48. The van der Waals surface area contributed by atoms with Crippen molar-refractivity contribution in [3.05, 3.63) is 90.1 Å². The van der Waals surface area contributed by atoms with Gasteiger partial charge in [0.1, 0.15) is 11.2 Å². The van der Waals surface area contributed by atoms with Gasteiger partial charge in [-0.15, -0.1) is 0 Å². The largest absolute Gasteiger partial charge is 0.443 e. The summed E-state index contributed by atoms with van der Waals surface area (Å²) in [5.41, 5.74) is 3.58. The highest BCUT2D eigenvalue weighted by Gasteiger charge is 2.22. The normalized spacial score (nSPS) is 11.9. The molecule has 0 aliphatic carbocycles. The summed E-state index contributed by atoms with van der Waals surface area (Å²) in [7, 11) is 3.64. The molecule has 7 heteroatoms. The minimum absolute atomic E-state index is 0.0935. The van der Waals surface area contributed by atoms with Gasteiger partial charge >= 0.3 is 0 Å². The molecule has 0 fully saturated rings. The van der Waals surface area contributed by atoms with Gasteiger partial charge < -0.3 is 19.2 Å². The van der Waals surface area contributed by atoms with Crippen molar-refractivity contribution in [1.29, 1.82) is 0 Å². The zero-order valence-electron chi connectivity index (χ0n) is 18.2. The maximum atomic E-state index is 13.2. The molecule has 0 aliphatic heterocycles. The number of aromatic nitrogens is 2. The van der Waals surface area contributed by atoms with Gasteiger partial charge in [-0.3, -0.25) is 9.59 Å². The molecule has 32 heavy (non-hydrogen) atoms. The molecular formula is C25H26N4O3. The molecule has 4 aromatic rings. The van der Waals surface area contributed by atoms with E-state index in [-0.39, 0.29) is 17.9 Å². The van der Waals surface area contributed by atoms with Gasteiger partial charge in [0.15, 0.2) is 12.0 Å². The van der Waals surface area contributed by atoms with E-state index in [1.165, 1.54) is 6.39 Å². The Kier molecular flexibility index (Phi) is 6.35. The van der Waals surface area contributed by atoms with E-state index >= 15 is 0 Å². The van der Waals surface area contributed by atoms with Gasteiger partial charge in [0.25, 0.3) is 11.8 Å². The first-order valence-corrected chi connectivity index (χ1v) is 10.6. The first-order valence-electron chi connectivity index (χ1n) is 10.6. The van der Waals surface area contributed by atoms with Crippen molar-refractivity contribution in [2.75, 3.05) is 13.6 Å². The Morgan fingerprint density at radius 3 is 2.69 bits per heavy atom. The van der Waals surface area contributed by atoms with Crippen LogP contribution < -0.4 is 5.32 Å². The maximum Gasteiger partial charge on any atom is 0.267 e. The van der Waals surface area contributed by atoms with E-state index in [2.05, 4.69) is 22.4 Å². The lowest BCUT2D eigenvalue weighted by Crippen LogP contribution is -2.41. The Labute approximate surface area is 186 Å². The first-order chi connectivity index (χ1) is 15.5. The molecule has 2 heterocycles. The number of carbonyl (C=O) groups excluding carboxylic acids is 2. The van der Waals surface area contributed by atoms with Gasteiger partial charge in [-0.25, -0.2) is 4.98 Å². The van der Waals surface area contributed by atoms with Crippen molar-refractivity contribution in [2.45, 2.75) is 18.9 Å². The molecule has 0 aliphatic rings. The zero-order valence-corrected chi connectivity index (χ0v) is 18.2. The van der Waals surface area contributed by atoms with Crippen LogP contribution in [0.25, 0.3) is 11.1 Å². The smallest absolute Gasteiger partial charge is 0.267 e. The molecular weight excluding hydrogens is 404 g/mol. The lowest BCUT2D eigenvalue weighted by atomic mass is 10.0. The molecule has 1 N–H and O–H groups in total. The molecule has 0 saturated carbocycles. The number of nitrogens with one attached hydrogen (secondary N) is 1. The van der Waals surface area contributed by atoms with E-state index < -0.39 is 0 Å². The fraction of sp³-hybridized carbons (Fsp3) is 0.240. The molecule has 7 nitrogen and oxygen atoms in total. The van der Waals surface area contributed by atoms with Crippen LogP contribution in [-0.2, 0) is 13.5 Å². The zero-order chi connectivity index (χ0) is 22.5. The summed E-state index contributed by atoms with van der Waals surface area (Å²) in [6.07, 6.45) is 4.52. The van der Waals surface area contributed by atoms with Crippen LogP contribution in [0.4, 0.5) is 0 Å². The summed E-state index contributed by atoms with van der Waals surface area (Å²) in [4.78, 5) is 31.6. The number of benzene rings is 2. The molecule has 1 atom stereocenters. The van der Waals surface area contributed by atoms with Crippen LogP contribution in [0.5, 0.6) is 0 Å². The SMILES string of the molecule is CN(C(=O)c1ccc2ncoc2c1)C(CCNC(=O)c1cccn1C)Cc1ccccc1. The van der Waals surface area contributed by atoms with Gasteiger partial charge in [-0.1, -0.05) is 30.3 Å². The number of hydrogen-bond acceptors (Lipinski definition) is 4. The third-order valence-corrected chi connectivity index (χ3v) is 5.70. The maximum absolute atomic E-state index is 13.2. The summed E-state index contributed by atoms with van der Waals surface area (Å²) >= 11 is 0. The fourth-order valence-corrected chi connectivity index (χ4v) is 3.82. The molecule has 4 rings (SSSR count). The second kappa shape index (κ2) is 9.51. The highest BCUT2D eigenvalue weighted by molar-refractivity contribution is 5.97. The fourth-order valence-electron chi connectivity index (χ4n) is 3.82. The minimum atomic E-state index is -0.124. The molecule has 0 spiro atoms. The summed E-state index contributed by atoms with van der Waals surface area (Å²) in [6, 6.07) is 18.8. The van der Waals surface area contributed by atoms with Gasteiger partial charge in [0.05, 0.1) is 0 Å². The van der Waals surface area contributed by atoms with Crippen molar-refractivity contribution < 1.29 is 14.0 Å². The molecule has 2 aromatic carbocycles. The van der Waals surface area contributed by atoms with Gasteiger partial charge in [-0.05, 0) is 48.7 Å². The number of likely N-dealkylation sites (N-methyl/N-ethyl adjacent to an activating group) is 1. The minimum Gasteiger partial charge on any atom is -0.443 e. The number of carbonyl (C=O) groups is 2. The molecule has 0 bridgehead atoms. The predicted molar refractivity (Wildman–Crippen MR) is 122 cm³/mol. The summed E-state index contributed by atoms with van der Waals surface area (Å²) in [5, 5.41) is 2.98. The Bertz CT molecular complexity index is 1210. The highest BCUT2D eigenvalue weighted by Crippen LogP contribution is 2.18. The number of aryl methyl sites for hydroxylation is 1. The van der Waals surface area contributed by atoms with Crippen LogP contribution in [0.15, 0.2) is 77.7 Å². The van der Waals surface area contributed by atoms with E-state index in [0.29, 0.717) is 41.7 Å². The van der Waals surface area contributed by atoms with Crippen molar-refractivity contribution in [3.8, 4) is 0 Å². The Morgan fingerprint density at radius 1 is 1.12 bits per heavy atom. The number of amides is 2. The van der Waals surface area contributed by atoms with Crippen LogP contribution >= 0.6 is 0 Å². The Hall–Kier alpha value is -3.87. The predicted octanol–water partition coefficient (Wildman–Crippen LogP) is 3.67. The molecule has 1 unspecified atom stereocenters. The summed E-state index contributed by atoms with van der Waals surface area (Å²) in [5.74, 6) is -0.223. The van der Waals surface area contributed by atoms with Crippen LogP contribution in [-0.4, -0.2) is 45.9 Å². The third-order valence-electron chi connectivity index (χ3n) is 5.70. The van der Waals surface area contributed by atoms with Gasteiger partial charge in [-0.2, -0.15) is 0 Å². The lowest BCUT2D eigenvalue weighted by molar-refractivity contribution is 0.0723. The van der Waals surface area contributed by atoms with Crippen LogP contribution in [0.1, 0.15) is 32.8 Å². The number of hydrogen-bond donors (Lipinski definition) is 1. The first kappa shape index (κ1) is 21.4. The molecule has 0 saturated heterocycles. The molecule has 0 radical (unpaired) electrons. The quantitative estimate of drug-likeness (QED) is 0.463. The Morgan fingerprint density at radius 2 is 1.94 bits per heavy atom. The molecule has 2 aromatic heterocycles. The van der Waals surface area contributed by atoms with Crippen molar-refractivity contribution in [2.24, 2.45) is 7.05 Å². The summed E-state index contributed by atoms with van der Waals surface area (Å²) in [6.45, 7) is 0.459.